The summed E-state index contributed by atoms with van der Waals surface area (Å²) in [5.41, 5.74) is 0. The molecule has 0 bridgehead atoms. The molecule has 0 radical (unpaired) electrons. The minimum atomic E-state index is 0.158. The maximum absolute atomic E-state index is 5.83. The summed E-state index contributed by atoms with van der Waals surface area (Å²) in [6.07, 6.45) is 1.11. The third-order valence-corrected chi connectivity index (χ3v) is 2.31. The van der Waals surface area contributed by atoms with Crippen molar-refractivity contribution in [3.05, 3.63) is 23.2 Å². The van der Waals surface area contributed by atoms with Crippen molar-refractivity contribution in [2.45, 2.75) is 19.4 Å². The Morgan fingerprint density at radius 1 is 1.46 bits per heavy atom. The van der Waals surface area contributed by atoms with E-state index in [4.69, 9.17) is 21.1 Å². The van der Waals surface area contributed by atoms with E-state index in [1.807, 2.05) is 6.07 Å². The summed E-state index contributed by atoms with van der Waals surface area (Å²) in [6.45, 7) is 2.70. The molecule has 1 aromatic rings. The first kappa shape index (κ1) is 8.70. The van der Waals surface area contributed by atoms with Crippen LogP contribution in [-0.2, 0) is 0 Å². The molecule has 0 fully saturated rings. The fraction of sp³-hybridized carbons (Fsp3) is 0.400. The highest BCUT2D eigenvalue weighted by Gasteiger charge is 2.19. The number of ether oxygens (including phenoxy) is 2. The summed E-state index contributed by atoms with van der Waals surface area (Å²) in [6, 6.07) is 5.43. The van der Waals surface area contributed by atoms with Crippen LogP contribution in [-0.4, -0.2) is 12.7 Å². The first-order valence-electron chi connectivity index (χ1n) is 4.38. The molecule has 2 rings (SSSR count). The molecular weight excluding hydrogens is 188 g/mol. The van der Waals surface area contributed by atoms with Gasteiger partial charge in [0, 0.05) is 11.1 Å². The van der Waals surface area contributed by atoms with Gasteiger partial charge in [-0.3, -0.25) is 0 Å². The molecule has 1 aromatic carbocycles. The number of fused-ring (bicyclic) bond motifs is 1. The van der Waals surface area contributed by atoms with Crippen LogP contribution in [0.1, 0.15) is 13.3 Å². The minimum absolute atomic E-state index is 0.158. The quantitative estimate of drug-likeness (QED) is 0.691. The summed E-state index contributed by atoms with van der Waals surface area (Å²) in [5, 5.41) is 0.680. The maximum Gasteiger partial charge on any atom is 0.163 e. The zero-order valence-electron chi connectivity index (χ0n) is 7.42. The summed E-state index contributed by atoms with van der Waals surface area (Å²) in [7, 11) is 0. The lowest BCUT2D eigenvalue weighted by Gasteiger charge is -2.25. The molecule has 0 aromatic heterocycles. The maximum atomic E-state index is 5.83. The molecule has 0 N–H and O–H groups in total. The zero-order valence-corrected chi connectivity index (χ0v) is 8.17. The predicted molar refractivity (Wildman–Crippen MR) is 51.7 cm³/mol. The number of benzene rings is 1. The molecule has 2 nitrogen and oxygen atoms in total. The van der Waals surface area contributed by atoms with Gasteiger partial charge in [-0.1, -0.05) is 18.5 Å². The van der Waals surface area contributed by atoms with Gasteiger partial charge in [0.15, 0.2) is 11.5 Å². The molecular formula is C10H11ClO2. The van der Waals surface area contributed by atoms with Crippen LogP contribution >= 0.6 is 11.6 Å². The van der Waals surface area contributed by atoms with Crippen molar-refractivity contribution in [3.63, 3.8) is 0 Å². The number of hydrogen-bond acceptors (Lipinski definition) is 2. The number of rotatable bonds is 1. The van der Waals surface area contributed by atoms with Gasteiger partial charge in [-0.15, -0.1) is 0 Å². The van der Waals surface area contributed by atoms with Crippen molar-refractivity contribution < 1.29 is 9.47 Å². The van der Waals surface area contributed by atoms with Crippen LogP contribution in [0.4, 0.5) is 0 Å². The van der Waals surface area contributed by atoms with Crippen molar-refractivity contribution in [3.8, 4) is 11.5 Å². The summed E-state index contributed by atoms with van der Waals surface area (Å²) in [5.74, 6) is 1.54. The Kier molecular flexibility index (Phi) is 2.32. The van der Waals surface area contributed by atoms with E-state index in [2.05, 4.69) is 6.92 Å². The molecule has 1 unspecified atom stereocenters. The Balaban J connectivity index is 2.27. The lowest BCUT2D eigenvalue weighted by Crippen LogP contribution is -2.28. The van der Waals surface area contributed by atoms with Crippen LogP contribution in [0.15, 0.2) is 18.2 Å². The molecule has 1 heterocycles. The standard InChI is InChI=1S/C10H11ClO2/c1-2-8-6-12-9-4-3-7(11)5-10(9)13-8/h3-5,8H,2,6H2,1H3. The van der Waals surface area contributed by atoms with E-state index in [1.165, 1.54) is 0 Å². The highest BCUT2D eigenvalue weighted by molar-refractivity contribution is 6.30. The molecule has 0 saturated heterocycles. The molecule has 1 atom stereocenters. The van der Waals surface area contributed by atoms with Crippen molar-refractivity contribution in [2.75, 3.05) is 6.61 Å². The Bertz CT molecular complexity index is 312. The lowest BCUT2D eigenvalue weighted by atomic mass is 10.2. The Morgan fingerprint density at radius 2 is 2.31 bits per heavy atom. The Labute approximate surface area is 82.4 Å². The second-order valence-electron chi connectivity index (χ2n) is 3.05. The van der Waals surface area contributed by atoms with E-state index >= 15 is 0 Å². The molecule has 70 valence electrons. The first-order valence-corrected chi connectivity index (χ1v) is 4.76. The second kappa shape index (κ2) is 3.46. The average molecular weight is 199 g/mol. The second-order valence-corrected chi connectivity index (χ2v) is 3.49. The van der Waals surface area contributed by atoms with E-state index < -0.39 is 0 Å². The van der Waals surface area contributed by atoms with Gasteiger partial charge in [0.1, 0.15) is 12.7 Å². The van der Waals surface area contributed by atoms with Gasteiger partial charge in [0.2, 0.25) is 0 Å². The normalized spacial score (nSPS) is 20.0. The third kappa shape index (κ3) is 1.73. The lowest BCUT2D eigenvalue weighted by molar-refractivity contribution is 0.0885. The molecule has 0 spiro atoms. The third-order valence-electron chi connectivity index (χ3n) is 2.08. The topological polar surface area (TPSA) is 18.5 Å². The smallest absolute Gasteiger partial charge is 0.163 e. The van der Waals surface area contributed by atoms with E-state index in [9.17, 15) is 0 Å². The minimum Gasteiger partial charge on any atom is -0.486 e. The zero-order chi connectivity index (χ0) is 9.26. The summed E-state index contributed by atoms with van der Waals surface area (Å²) < 4.78 is 11.2. The monoisotopic (exact) mass is 198 g/mol. The van der Waals surface area contributed by atoms with Crippen LogP contribution in [0, 0.1) is 0 Å². The SMILES string of the molecule is CCC1COc2ccc(Cl)cc2O1. The van der Waals surface area contributed by atoms with Crippen LogP contribution in [0.3, 0.4) is 0 Å². The van der Waals surface area contributed by atoms with Crippen molar-refractivity contribution >= 4 is 11.6 Å². The van der Waals surface area contributed by atoms with E-state index in [0.29, 0.717) is 11.6 Å². The van der Waals surface area contributed by atoms with Gasteiger partial charge in [0.25, 0.3) is 0 Å². The highest BCUT2D eigenvalue weighted by Crippen LogP contribution is 2.34. The fourth-order valence-corrected chi connectivity index (χ4v) is 1.45. The van der Waals surface area contributed by atoms with Gasteiger partial charge in [0.05, 0.1) is 0 Å². The van der Waals surface area contributed by atoms with Gasteiger partial charge in [-0.25, -0.2) is 0 Å². The number of halogens is 1. The van der Waals surface area contributed by atoms with Crippen molar-refractivity contribution in [1.82, 2.24) is 0 Å². The molecule has 3 heteroatoms. The van der Waals surface area contributed by atoms with Crippen molar-refractivity contribution in [1.29, 1.82) is 0 Å². The first-order chi connectivity index (χ1) is 6.29. The van der Waals surface area contributed by atoms with Gasteiger partial charge >= 0.3 is 0 Å². The summed E-state index contributed by atoms with van der Waals surface area (Å²) >= 11 is 5.83. The molecule has 1 aliphatic heterocycles. The van der Waals surface area contributed by atoms with E-state index in [1.54, 1.807) is 12.1 Å². The van der Waals surface area contributed by atoms with E-state index in [-0.39, 0.29) is 6.10 Å². The van der Waals surface area contributed by atoms with Crippen molar-refractivity contribution in [2.24, 2.45) is 0 Å². The Hall–Kier alpha value is -0.890. The Morgan fingerprint density at radius 3 is 3.08 bits per heavy atom. The van der Waals surface area contributed by atoms with Crippen LogP contribution < -0.4 is 9.47 Å². The fourth-order valence-electron chi connectivity index (χ4n) is 1.29. The molecule has 0 saturated carbocycles. The van der Waals surface area contributed by atoms with E-state index in [0.717, 1.165) is 17.9 Å². The molecule has 0 amide bonds. The highest BCUT2D eigenvalue weighted by atomic mass is 35.5. The largest absolute Gasteiger partial charge is 0.486 e. The van der Waals surface area contributed by atoms with Gasteiger partial charge < -0.3 is 9.47 Å². The summed E-state index contributed by atoms with van der Waals surface area (Å²) in [4.78, 5) is 0. The van der Waals surface area contributed by atoms with Crippen LogP contribution in [0.25, 0.3) is 0 Å². The molecule has 1 aliphatic rings. The average Bonchev–Trinajstić information content (AvgIpc) is 2.16. The molecule has 13 heavy (non-hydrogen) atoms. The van der Waals surface area contributed by atoms with Gasteiger partial charge in [-0.05, 0) is 18.6 Å². The number of hydrogen-bond donors (Lipinski definition) is 0. The van der Waals surface area contributed by atoms with Gasteiger partial charge in [-0.2, -0.15) is 0 Å². The van der Waals surface area contributed by atoms with Crippen LogP contribution in [0.2, 0.25) is 5.02 Å². The predicted octanol–water partition coefficient (Wildman–Crippen LogP) is 2.89. The molecule has 0 aliphatic carbocycles. The van der Waals surface area contributed by atoms with Crippen LogP contribution in [0.5, 0.6) is 11.5 Å².